The Bertz CT molecular complexity index is 654. The number of pyridine rings is 1. The van der Waals surface area contributed by atoms with Gasteiger partial charge in [0.05, 0.1) is 11.6 Å². The second-order valence-electron chi connectivity index (χ2n) is 4.16. The molecule has 2 N–H and O–H groups in total. The van der Waals surface area contributed by atoms with E-state index in [1.807, 2.05) is 31.2 Å². The van der Waals surface area contributed by atoms with Crippen LogP contribution in [-0.2, 0) is 0 Å². The van der Waals surface area contributed by atoms with E-state index in [0.717, 1.165) is 10.0 Å². The molecule has 0 saturated heterocycles. The molecule has 2 aromatic rings. The van der Waals surface area contributed by atoms with E-state index in [0.29, 0.717) is 10.2 Å². The zero-order chi connectivity index (χ0) is 13.8. The van der Waals surface area contributed by atoms with E-state index in [9.17, 15) is 4.79 Å². The number of carbonyl (C=O) groups excluding carboxylic acids is 1. The molecule has 0 aliphatic carbocycles. The van der Waals surface area contributed by atoms with Gasteiger partial charge in [-0.05, 0) is 36.8 Å². The van der Waals surface area contributed by atoms with E-state index in [1.165, 1.54) is 0 Å². The van der Waals surface area contributed by atoms with E-state index in [4.69, 9.17) is 12.2 Å². The van der Waals surface area contributed by atoms with Crippen molar-refractivity contribution in [3.05, 3.63) is 62.8 Å². The van der Waals surface area contributed by atoms with Gasteiger partial charge in [0.15, 0.2) is 0 Å². The van der Waals surface area contributed by atoms with Crippen LogP contribution in [0.4, 0.5) is 0 Å². The second-order valence-corrected chi connectivity index (χ2v) is 5.49. The highest BCUT2D eigenvalue weighted by molar-refractivity contribution is 9.10. The molecule has 0 bridgehead atoms. The minimum Gasteiger partial charge on any atom is -0.352 e. The molecule has 0 radical (unpaired) electrons. The third kappa shape index (κ3) is 3.52. The van der Waals surface area contributed by atoms with Gasteiger partial charge in [0, 0.05) is 10.7 Å². The zero-order valence-electron chi connectivity index (χ0n) is 10.3. The zero-order valence-corrected chi connectivity index (χ0v) is 12.7. The fraction of sp³-hybridized carbons (Fsp3) is 0.143. The van der Waals surface area contributed by atoms with Gasteiger partial charge >= 0.3 is 0 Å². The minimum atomic E-state index is -0.172. The third-order valence-electron chi connectivity index (χ3n) is 2.76. The average Bonchev–Trinajstić information content (AvgIpc) is 2.39. The maximum atomic E-state index is 12.1. The van der Waals surface area contributed by atoms with Crippen molar-refractivity contribution < 1.29 is 4.79 Å². The lowest BCUT2D eigenvalue weighted by atomic mass is 10.1. The van der Waals surface area contributed by atoms with Gasteiger partial charge in [0.25, 0.3) is 5.91 Å². The van der Waals surface area contributed by atoms with Crippen LogP contribution in [0.15, 0.2) is 47.1 Å². The molecule has 0 saturated carbocycles. The van der Waals surface area contributed by atoms with Gasteiger partial charge in [0.1, 0.15) is 4.64 Å². The number of hydrogen-bond donors (Lipinski definition) is 2. The molecule has 0 aliphatic rings. The van der Waals surface area contributed by atoms with Crippen LogP contribution in [0, 0.1) is 4.64 Å². The summed E-state index contributed by atoms with van der Waals surface area (Å²) in [6.45, 7) is 1.94. The molecule has 1 aromatic heterocycles. The third-order valence-corrected chi connectivity index (χ3v) is 3.59. The normalized spacial score (nSPS) is 11.9. The van der Waals surface area contributed by atoms with Crippen LogP contribution >= 0.6 is 28.1 Å². The summed E-state index contributed by atoms with van der Waals surface area (Å²) in [6, 6.07) is 11.2. The number of aromatic nitrogens is 1. The summed E-state index contributed by atoms with van der Waals surface area (Å²) in [7, 11) is 0. The summed E-state index contributed by atoms with van der Waals surface area (Å²) in [6.07, 6.45) is 1.71. The Morgan fingerprint density at radius 3 is 2.84 bits per heavy atom. The van der Waals surface area contributed by atoms with Crippen molar-refractivity contribution in [1.29, 1.82) is 0 Å². The fourth-order valence-corrected chi connectivity index (χ4v) is 2.38. The highest BCUT2D eigenvalue weighted by Crippen LogP contribution is 2.18. The molecule has 3 nitrogen and oxygen atoms in total. The SMILES string of the molecule is CC(NC(=O)c1ccc[nH]c1=S)c1cccc(Br)c1. The van der Waals surface area contributed by atoms with Gasteiger partial charge in [-0.1, -0.05) is 40.3 Å². The smallest absolute Gasteiger partial charge is 0.254 e. The van der Waals surface area contributed by atoms with Crippen molar-refractivity contribution in [2.75, 3.05) is 0 Å². The molecule has 1 amide bonds. The molecule has 19 heavy (non-hydrogen) atoms. The quantitative estimate of drug-likeness (QED) is 0.832. The summed E-state index contributed by atoms with van der Waals surface area (Å²) in [4.78, 5) is 15.0. The maximum Gasteiger partial charge on any atom is 0.254 e. The monoisotopic (exact) mass is 336 g/mol. The van der Waals surface area contributed by atoms with Crippen LogP contribution in [0.25, 0.3) is 0 Å². The Hall–Kier alpha value is -1.46. The van der Waals surface area contributed by atoms with Gasteiger partial charge in [-0.15, -0.1) is 0 Å². The molecule has 1 unspecified atom stereocenters. The number of hydrogen-bond acceptors (Lipinski definition) is 2. The lowest BCUT2D eigenvalue weighted by molar-refractivity contribution is 0.0939. The van der Waals surface area contributed by atoms with Crippen LogP contribution in [0.2, 0.25) is 0 Å². The number of halogens is 1. The highest BCUT2D eigenvalue weighted by atomic mass is 79.9. The van der Waals surface area contributed by atoms with Crippen molar-refractivity contribution in [3.63, 3.8) is 0 Å². The number of H-pyrrole nitrogens is 1. The second kappa shape index (κ2) is 6.12. The largest absolute Gasteiger partial charge is 0.352 e. The van der Waals surface area contributed by atoms with Crippen LogP contribution in [0.3, 0.4) is 0 Å². The Morgan fingerprint density at radius 1 is 1.37 bits per heavy atom. The maximum absolute atomic E-state index is 12.1. The molecule has 98 valence electrons. The van der Waals surface area contributed by atoms with E-state index < -0.39 is 0 Å². The topological polar surface area (TPSA) is 44.9 Å². The fourth-order valence-electron chi connectivity index (χ4n) is 1.73. The highest BCUT2D eigenvalue weighted by Gasteiger charge is 2.12. The van der Waals surface area contributed by atoms with Crippen LogP contribution in [0.1, 0.15) is 28.9 Å². The summed E-state index contributed by atoms with van der Waals surface area (Å²) >= 11 is 8.51. The van der Waals surface area contributed by atoms with Crippen molar-refractivity contribution in [2.24, 2.45) is 0 Å². The van der Waals surface area contributed by atoms with E-state index in [1.54, 1.807) is 18.3 Å². The van der Waals surface area contributed by atoms with Gasteiger partial charge in [-0.3, -0.25) is 4.79 Å². The number of amides is 1. The molecule has 1 heterocycles. The molecular weight excluding hydrogens is 324 g/mol. The predicted octanol–water partition coefficient (Wildman–Crippen LogP) is 4.00. The molecular formula is C14H13BrN2OS. The first-order valence-corrected chi connectivity index (χ1v) is 7.02. The lowest BCUT2D eigenvalue weighted by Gasteiger charge is -2.14. The Morgan fingerprint density at radius 2 is 2.16 bits per heavy atom. The average molecular weight is 337 g/mol. The van der Waals surface area contributed by atoms with E-state index >= 15 is 0 Å². The van der Waals surface area contributed by atoms with Crippen LogP contribution in [0.5, 0.6) is 0 Å². The van der Waals surface area contributed by atoms with Crippen molar-refractivity contribution in [2.45, 2.75) is 13.0 Å². The number of carbonyl (C=O) groups is 1. The standard InChI is InChI=1S/C14H13BrN2OS/c1-9(10-4-2-5-11(15)8-10)17-13(18)12-6-3-7-16-14(12)19/h2-9H,1H3,(H,16,19)(H,17,18). The Balaban J connectivity index is 2.16. The van der Waals surface area contributed by atoms with Gasteiger partial charge in [0.2, 0.25) is 0 Å². The number of aromatic amines is 1. The van der Waals surface area contributed by atoms with Gasteiger partial charge < -0.3 is 10.3 Å². The number of benzene rings is 1. The number of nitrogens with one attached hydrogen (secondary N) is 2. The summed E-state index contributed by atoms with van der Waals surface area (Å²) in [5.41, 5.74) is 1.52. The summed E-state index contributed by atoms with van der Waals surface area (Å²) in [5, 5.41) is 2.93. The Labute approximate surface area is 125 Å². The summed E-state index contributed by atoms with van der Waals surface area (Å²) < 4.78 is 1.43. The first kappa shape index (κ1) is 14.0. The Kier molecular flexibility index (Phi) is 4.50. The first-order valence-electron chi connectivity index (χ1n) is 5.82. The molecule has 0 aliphatic heterocycles. The van der Waals surface area contributed by atoms with Crippen molar-refractivity contribution in [1.82, 2.24) is 10.3 Å². The first-order chi connectivity index (χ1) is 9.08. The van der Waals surface area contributed by atoms with Crippen LogP contribution in [-0.4, -0.2) is 10.9 Å². The molecule has 1 aromatic carbocycles. The van der Waals surface area contributed by atoms with Gasteiger partial charge in [-0.25, -0.2) is 0 Å². The molecule has 0 spiro atoms. The molecule has 5 heteroatoms. The number of rotatable bonds is 3. The van der Waals surface area contributed by atoms with Crippen molar-refractivity contribution >= 4 is 34.1 Å². The van der Waals surface area contributed by atoms with Crippen LogP contribution < -0.4 is 5.32 Å². The van der Waals surface area contributed by atoms with E-state index in [-0.39, 0.29) is 11.9 Å². The molecule has 2 rings (SSSR count). The van der Waals surface area contributed by atoms with Gasteiger partial charge in [-0.2, -0.15) is 0 Å². The van der Waals surface area contributed by atoms with E-state index in [2.05, 4.69) is 26.2 Å². The lowest BCUT2D eigenvalue weighted by Crippen LogP contribution is -2.27. The summed E-state index contributed by atoms with van der Waals surface area (Å²) in [5.74, 6) is -0.172. The molecule has 0 fully saturated rings. The minimum absolute atomic E-state index is 0.0837. The predicted molar refractivity (Wildman–Crippen MR) is 81.6 cm³/mol. The van der Waals surface area contributed by atoms with Crippen molar-refractivity contribution in [3.8, 4) is 0 Å². The molecule has 1 atom stereocenters.